The summed E-state index contributed by atoms with van der Waals surface area (Å²) in [5.41, 5.74) is 1.11. The number of urea groups is 1. The van der Waals surface area contributed by atoms with Gasteiger partial charge in [0.1, 0.15) is 11.9 Å². The van der Waals surface area contributed by atoms with E-state index >= 15 is 0 Å². The van der Waals surface area contributed by atoms with Crippen LogP contribution in [0.2, 0.25) is 10.0 Å². The molecule has 0 aliphatic carbocycles. The molecule has 4 rings (SSSR count). The standard InChI is InChI=1S/C22H13Cl2FN6O3/c1-11-18(9-26)30-31(22(33)28-11)14-7-15(23)20(16(24)8-14)34-21-27-10-19(32)17(29-21)6-12-2-4-13(25)5-3-12/h2-5,7-8,10,32H,1,6H2,(H,28,33). The fourth-order valence-corrected chi connectivity index (χ4v) is 3.49. The largest absolute Gasteiger partial charge is 0.504 e. The number of rotatable bonds is 5. The Bertz CT molecular complexity index is 1370. The minimum Gasteiger partial charge on any atom is -0.504 e. The summed E-state index contributed by atoms with van der Waals surface area (Å²) in [6.07, 6.45) is 1.35. The normalized spacial score (nSPS) is 13.2. The number of halogens is 3. The number of allylic oxidation sites excluding steroid dienone is 1. The molecule has 2 aromatic carbocycles. The molecule has 2 N–H and O–H groups in total. The van der Waals surface area contributed by atoms with Gasteiger partial charge in [-0.05, 0) is 29.8 Å². The van der Waals surface area contributed by atoms with Crippen molar-refractivity contribution >= 4 is 40.6 Å². The molecule has 0 unspecified atom stereocenters. The topological polar surface area (TPSA) is 124 Å². The van der Waals surface area contributed by atoms with E-state index in [1.54, 1.807) is 12.1 Å². The van der Waals surface area contributed by atoms with E-state index in [4.69, 9.17) is 33.2 Å². The molecule has 170 valence electrons. The molecule has 34 heavy (non-hydrogen) atoms. The molecule has 0 spiro atoms. The number of amides is 2. The summed E-state index contributed by atoms with van der Waals surface area (Å²) in [6.45, 7) is 3.55. The maximum Gasteiger partial charge on any atom is 0.347 e. The highest BCUT2D eigenvalue weighted by molar-refractivity contribution is 6.37. The van der Waals surface area contributed by atoms with Gasteiger partial charge in [-0.15, -0.1) is 0 Å². The number of aromatic nitrogens is 2. The lowest BCUT2D eigenvalue weighted by Gasteiger charge is -2.24. The smallest absolute Gasteiger partial charge is 0.347 e. The Hall–Kier alpha value is -4.20. The van der Waals surface area contributed by atoms with Crippen LogP contribution in [0.5, 0.6) is 17.5 Å². The Morgan fingerprint density at radius 2 is 1.91 bits per heavy atom. The molecule has 1 aliphatic rings. The first-order valence-electron chi connectivity index (χ1n) is 9.50. The van der Waals surface area contributed by atoms with Gasteiger partial charge in [0.25, 0.3) is 0 Å². The van der Waals surface area contributed by atoms with Crippen molar-refractivity contribution in [2.45, 2.75) is 6.42 Å². The van der Waals surface area contributed by atoms with E-state index < -0.39 is 6.03 Å². The van der Waals surface area contributed by atoms with Crippen LogP contribution in [0.3, 0.4) is 0 Å². The number of ether oxygens (including phenoxy) is 1. The second-order valence-electron chi connectivity index (χ2n) is 6.91. The van der Waals surface area contributed by atoms with Crippen LogP contribution < -0.4 is 15.1 Å². The number of carbonyl (C=O) groups is 1. The van der Waals surface area contributed by atoms with Crippen LogP contribution in [0, 0.1) is 17.1 Å². The summed E-state index contributed by atoms with van der Waals surface area (Å²) in [5, 5.41) is 26.5. The summed E-state index contributed by atoms with van der Waals surface area (Å²) in [7, 11) is 0. The molecule has 12 heteroatoms. The predicted molar refractivity (Wildman–Crippen MR) is 123 cm³/mol. The van der Waals surface area contributed by atoms with E-state index in [9.17, 15) is 14.3 Å². The fourth-order valence-electron chi connectivity index (χ4n) is 2.94. The monoisotopic (exact) mass is 498 g/mol. The number of hydrogen-bond donors (Lipinski definition) is 2. The molecule has 0 bridgehead atoms. The fraction of sp³-hybridized carbons (Fsp3) is 0.0455. The van der Waals surface area contributed by atoms with Gasteiger partial charge in [-0.2, -0.15) is 25.3 Å². The van der Waals surface area contributed by atoms with Crippen LogP contribution in [-0.2, 0) is 6.42 Å². The molecule has 0 radical (unpaired) electrons. The number of benzene rings is 2. The third-order valence-corrected chi connectivity index (χ3v) is 5.13. The van der Waals surface area contributed by atoms with Crippen molar-refractivity contribution in [2.75, 3.05) is 5.01 Å². The first-order valence-corrected chi connectivity index (χ1v) is 10.3. The van der Waals surface area contributed by atoms with Crippen LogP contribution in [0.1, 0.15) is 11.3 Å². The van der Waals surface area contributed by atoms with Crippen LogP contribution in [-0.4, -0.2) is 26.8 Å². The van der Waals surface area contributed by atoms with Crippen molar-refractivity contribution in [3.63, 3.8) is 0 Å². The first-order chi connectivity index (χ1) is 16.2. The highest BCUT2D eigenvalue weighted by atomic mass is 35.5. The lowest BCUT2D eigenvalue weighted by Crippen LogP contribution is -2.42. The SMILES string of the molecule is C=C1NC(=O)N(c2cc(Cl)c(Oc3ncc(O)c(Cc4ccc(F)cc4)n3)c(Cl)c2)N=C1C#N. The molecule has 1 aromatic heterocycles. The second kappa shape index (κ2) is 9.35. The number of anilines is 1. The molecule has 1 aliphatic heterocycles. The maximum atomic E-state index is 13.1. The zero-order valence-corrected chi connectivity index (χ0v) is 18.6. The summed E-state index contributed by atoms with van der Waals surface area (Å²) in [4.78, 5) is 20.4. The van der Waals surface area contributed by atoms with Crippen molar-refractivity contribution < 1.29 is 19.0 Å². The highest BCUT2D eigenvalue weighted by Gasteiger charge is 2.26. The quantitative estimate of drug-likeness (QED) is 0.513. The minimum absolute atomic E-state index is 0.00295. The average Bonchev–Trinajstić information content (AvgIpc) is 2.80. The summed E-state index contributed by atoms with van der Waals surface area (Å²) in [6, 6.07) is 9.46. The third-order valence-electron chi connectivity index (χ3n) is 4.57. The van der Waals surface area contributed by atoms with Crippen LogP contribution in [0.4, 0.5) is 14.9 Å². The van der Waals surface area contributed by atoms with E-state index in [1.807, 2.05) is 6.07 Å². The van der Waals surface area contributed by atoms with E-state index in [0.717, 1.165) is 11.2 Å². The Labute approximate surface area is 202 Å². The molecule has 0 saturated carbocycles. The van der Waals surface area contributed by atoms with Crippen LogP contribution in [0.15, 0.2) is 60.0 Å². The summed E-state index contributed by atoms with van der Waals surface area (Å²) >= 11 is 12.7. The second-order valence-corrected chi connectivity index (χ2v) is 7.72. The van der Waals surface area contributed by atoms with Crippen molar-refractivity contribution in [3.8, 4) is 23.6 Å². The van der Waals surface area contributed by atoms with Gasteiger partial charge in [-0.25, -0.2) is 9.18 Å². The molecule has 9 nitrogen and oxygen atoms in total. The van der Waals surface area contributed by atoms with Crippen molar-refractivity contribution in [2.24, 2.45) is 5.10 Å². The average molecular weight is 499 g/mol. The molecular weight excluding hydrogens is 486 g/mol. The van der Waals surface area contributed by atoms with Crippen molar-refractivity contribution in [3.05, 3.63) is 82.0 Å². The molecule has 0 saturated heterocycles. The van der Waals surface area contributed by atoms with Crippen LogP contribution >= 0.6 is 23.2 Å². The molecule has 2 heterocycles. The molecule has 3 aromatic rings. The molecular formula is C22H13Cl2FN6O3. The number of hydrogen-bond acceptors (Lipinski definition) is 7. The van der Waals surface area contributed by atoms with Gasteiger partial charge in [0.2, 0.25) is 0 Å². The summed E-state index contributed by atoms with van der Waals surface area (Å²) < 4.78 is 18.8. The Morgan fingerprint density at radius 3 is 2.56 bits per heavy atom. The van der Waals surface area contributed by atoms with E-state index in [2.05, 4.69) is 27.0 Å². The first kappa shape index (κ1) is 23.0. The predicted octanol–water partition coefficient (Wildman–Crippen LogP) is 4.93. The number of nitriles is 1. The van der Waals surface area contributed by atoms with Gasteiger partial charge in [0.05, 0.1) is 33.3 Å². The zero-order chi connectivity index (χ0) is 24.4. The number of nitrogens with one attached hydrogen (secondary N) is 1. The third kappa shape index (κ3) is 4.76. The lowest BCUT2D eigenvalue weighted by molar-refractivity contribution is 0.248. The van der Waals surface area contributed by atoms with Gasteiger partial charge >= 0.3 is 12.0 Å². The number of hydrazone groups is 1. The maximum absolute atomic E-state index is 13.1. The lowest BCUT2D eigenvalue weighted by atomic mass is 10.1. The van der Waals surface area contributed by atoms with E-state index in [0.29, 0.717) is 5.56 Å². The number of carbonyl (C=O) groups excluding carboxylic acids is 1. The Morgan fingerprint density at radius 1 is 1.24 bits per heavy atom. The summed E-state index contributed by atoms with van der Waals surface area (Å²) in [5.74, 6) is -0.557. The Balaban J connectivity index is 1.61. The van der Waals surface area contributed by atoms with Gasteiger partial charge in [0, 0.05) is 6.42 Å². The highest BCUT2D eigenvalue weighted by Crippen LogP contribution is 2.39. The molecule has 0 fully saturated rings. The van der Waals surface area contributed by atoms with E-state index in [1.165, 1.54) is 24.3 Å². The van der Waals surface area contributed by atoms with Gasteiger partial charge in [-0.1, -0.05) is 41.9 Å². The molecule has 2 amide bonds. The zero-order valence-electron chi connectivity index (χ0n) is 17.1. The van der Waals surface area contributed by atoms with Crippen molar-refractivity contribution in [1.82, 2.24) is 15.3 Å². The van der Waals surface area contributed by atoms with Crippen molar-refractivity contribution in [1.29, 1.82) is 5.26 Å². The Kier molecular flexibility index (Phi) is 6.32. The van der Waals surface area contributed by atoms with Crippen LogP contribution in [0.25, 0.3) is 0 Å². The number of aromatic hydroxyl groups is 1. The van der Waals surface area contributed by atoms with Gasteiger partial charge in [0.15, 0.2) is 17.2 Å². The molecule has 0 atom stereocenters. The minimum atomic E-state index is -0.655. The van der Waals surface area contributed by atoms with Gasteiger partial charge < -0.3 is 15.2 Å². The number of nitrogens with zero attached hydrogens (tertiary/aromatic N) is 5. The van der Waals surface area contributed by atoms with Gasteiger partial charge in [-0.3, -0.25) is 0 Å². The van der Waals surface area contributed by atoms with E-state index in [-0.39, 0.29) is 62.6 Å².